The zero-order valence-electron chi connectivity index (χ0n) is 35.9. The molecule has 3 N–H and O–H groups in total. The molecular formula is C45H50ClFN10O7. The van der Waals surface area contributed by atoms with Crippen LogP contribution in [0, 0.1) is 17.2 Å². The number of nitrogens with one attached hydrogen (secondary N) is 3. The molecule has 5 aliphatic heterocycles. The number of imide groups is 2. The third-order valence-corrected chi connectivity index (χ3v) is 13.6. The van der Waals surface area contributed by atoms with Crippen LogP contribution in [0.25, 0.3) is 10.9 Å². The highest BCUT2D eigenvalue weighted by Crippen LogP contribution is 2.45. The van der Waals surface area contributed by atoms with Crippen molar-refractivity contribution in [3.63, 3.8) is 0 Å². The van der Waals surface area contributed by atoms with Crippen LogP contribution in [0.15, 0.2) is 47.4 Å². The fourth-order valence-corrected chi connectivity index (χ4v) is 10.2. The van der Waals surface area contributed by atoms with Gasteiger partial charge in [-0.3, -0.25) is 39.0 Å². The van der Waals surface area contributed by atoms with Crippen molar-refractivity contribution >= 4 is 75.2 Å². The fourth-order valence-electron chi connectivity index (χ4n) is 10.1. The highest BCUT2D eigenvalue weighted by molar-refractivity contribution is 6.33. The van der Waals surface area contributed by atoms with E-state index < -0.39 is 35.5 Å². The number of likely N-dealkylation sites (N-methyl/N-ethyl adjacent to an activating group) is 1. The minimum Gasteiger partial charge on any atom is -0.478 e. The minimum absolute atomic E-state index is 0.00488. The first-order valence-electron chi connectivity index (χ1n) is 21.8. The lowest BCUT2D eigenvalue weighted by atomic mass is 9.86. The molecule has 2 atom stereocenters. The summed E-state index contributed by atoms with van der Waals surface area (Å²) < 4.78 is 23.0. The molecule has 7 heterocycles. The maximum Gasteiger partial charge on any atom is 0.293 e. The average molecular weight is 897 g/mol. The Hall–Kier alpha value is -6.14. The molecule has 336 valence electrons. The molecule has 64 heavy (non-hydrogen) atoms. The van der Waals surface area contributed by atoms with Gasteiger partial charge in [0.25, 0.3) is 23.3 Å². The van der Waals surface area contributed by atoms with Gasteiger partial charge in [0.15, 0.2) is 18.2 Å². The summed E-state index contributed by atoms with van der Waals surface area (Å²) in [6, 6.07) is 8.48. The van der Waals surface area contributed by atoms with Gasteiger partial charge in [0, 0.05) is 75.3 Å². The molecule has 0 saturated carbocycles. The van der Waals surface area contributed by atoms with Gasteiger partial charge < -0.3 is 34.6 Å². The molecular weight excluding hydrogens is 847 g/mol. The quantitative estimate of drug-likeness (QED) is 0.181. The van der Waals surface area contributed by atoms with Crippen LogP contribution in [0.4, 0.5) is 27.5 Å². The van der Waals surface area contributed by atoms with E-state index >= 15 is 4.39 Å². The topological polar surface area (TPSA) is 191 Å². The number of carbonyl (C=O) groups is 5. The number of rotatable bonds is 11. The molecule has 5 amide bonds. The standard InChI is InChI=1S/C45H50ClFN10O7/c1-25(2)56-32-7-4-28(18-27(32)19-34(42(56)62)64-22-36(59)48-3)50-39-30(46)20-49-44(52-39)54-14-10-26(11-15-54)21-53-16-12-45(23-53)13-17-55(24-45)38-31(47)6-5-29-37(38)43(63)57(41(29)61)33-8-9-35(58)51-40(33)60/h4-7,18-20,25-26,33H,8-17,21-24H2,1-3H3,(H,48,59)(H,49,50,52)(H,51,58,60). The number of aromatic nitrogens is 3. The summed E-state index contributed by atoms with van der Waals surface area (Å²) in [5.74, 6) is -1.89. The van der Waals surface area contributed by atoms with Crippen molar-refractivity contribution in [2.45, 2.75) is 64.5 Å². The van der Waals surface area contributed by atoms with E-state index in [9.17, 15) is 28.8 Å². The number of amides is 5. The summed E-state index contributed by atoms with van der Waals surface area (Å²) >= 11 is 6.61. The number of anilines is 4. The predicted octanol–water partition coefficient (Wildman–Crippen LogP) is 4.25. The predicted molar refractivity (Wildman–Crippen MR) is 237 cm³/mol. The van der Waals surface area contributed by atoms with Gasteiger partial charge in [0.05, 0.1) is 28.5 Å². The van der Waals surface area contributed by atoms with E-state index in [1.807, 2.05) is 36.9 Å². The van der Waals surface area contributed by atoms with Crippen LogP contribution in [0.2, 0.25) is 5.02 Å². The van der Waals surface area contributed by atoms with Crippen molar-refractivity contribution in [1.82, 2.24) is 35.0 Å². The van der Waals surface area contributed by atoms with E-state index in [-0.39, 0.29) is 64.9 Å². The van der Waals surface area contributed by atoms with E-state index in [2.05, 4.69) is 30.7 Å². The van der Waals surface area contributed by atoms with E-state index in [0.29, 0.717) is 47.0 Å². The van der Waals surface area contributed by atoms with Crippen LogP contribution >= 0.6 is 11.6 Å². The lowest BCUT2D eigenvalue weighted by Gasteiger charge is -2.34. The molecule has 1 spiro atoms. The van der Waals surface area contributed by atoms with Crippen LogP contribution in [-0.2, 0) is 14.4 Å². The molecule has 17 nitrogen and oxygen atoms in total. The molecule has 4 fully saturated rings. The summed E-state index contributed by atoms with van der Waals surface area (Å²) in [4.78, 5) is 93.6. The second-order valence-electron chi connectivity index (χ2n) is 17.9. The summed E-state index contributed by atoms with van der Waals surface area (Å²) in [7, 11) is 1.50. The first-order chi connectivity index (χ1) is 30.7. The van der Waals surface area contributed by atoms with Crippen molar-refractivity contribution in [3.05, 3.63) is 74.9 Å². The Morgan fingerprint density at radius 2 is 1.77 bits per heavy atom. The minimum atomic E-state index is -1.12. The Kier molecular flexibility index (Phi) is 11.5. The molecule has 19 heteroatoms. The van der Waals surface area contributed by atoms with Gasteiger partial charge in [0.1, 0.15) is 16.9 Å². The van der Waals surface area contributed by atoms with Crippen LogP contribution in [0.3, 0.4) is 0 Å². The van der Waals surface area contributed by atoms with E-state index in [1.54, 1.807) is 16.8 Å². The Labute approximate surface area is 373 Å². The first-order valence-corrected chi connectivity index (χ1v) is 22.2. The lowest BCUT2D eigenvalue weighted by molar-refractivity contribution is -0.136. The highest BCUT2D eigenvalue weighted by Gasteiger charge is 2.49. The normalized spacial score (nSPS) is 21.7. The molecule has 2 aromatic carbocycles. The zero-order chi connectivity index (χ0) is 45.0. The van der Waals surface area contributed by atoms with Crippen LogP contribution < -0.4 is 36.0 Å². The zero-order valence-corrected chi connectivity index (χ0v) is 36.7. The Balaban J connectivity index is 0.818. The SMILES string of the molecule is CNC(=O)COc1cc2cc(Nc3nc(N4CCC(CN5CCC6(CCN(c7c(F)ccc8c7C(=O)N(C7CCC(=O)NC7=O)C8=O)C6)C5)CC4)ncc3Cl)ccc2n(C(C)C)c1=O. The number of piperidine rings is 2. The molecule has 0 bridgehead atoms. The molecule has 4 saturated heterocycles. The number of nitrogens with zero attached hydrogens (tertiary/aromatic N) is 7. The Bertz CT molecular complexity index is 2650. The molecule has 2 aromatic heterocycles. The monoisotopic (exact) mass is 896 g/mol. The molecule has 4 aromatic rings. The third-order valence-electron chi connectivity index (χ3n) is 13.4. The number of hydrogen-bond acceptors (Lipinski definition) is 13. The van der Waals surface area contributed by atoms with Gasteiger partial charge >= 0.3 is 0 Å². The van der Waals surface area contributed by atoms with Gasteiger partial charge in [-0.2, -0.15) is 4.98 Å². The van der Waals surface area contributed by atoms with E-state index in [1.165, 1.54) is 19.2 Å². The molecule has 2 unspecified atom stereocenters. The van der Waals surface area contributed by atoms with Crippen molar-refractivity contribution in [2.24, 2.45) is 11.3 Å². The maximum atomic E-state index is 15.7. The average Bonchev–Trinajstić information content (AvgIpc) is 3.95. The number of pyridine rings is 1. The Morgan fingerprint density at radius 3 is 2.52 bits per heavy atom. The van der Waals surface area contributed by atoms with Crippen LogP contribution in [0.1, 0.15) is 79.1 Å². The van der Waals surface area contributed by atoms with E-state index in [4.69, 9.17) is 21.3 Å². The number of benzene rings is 2. The summed E-state index contributed by atoms with van der Waals surface area (Å²) in [6.07, 6.45) is 5.27. The summed E-state index contributed by atoms with van der Waals surface area (Å²) in [5.41, 5.74) is 1.19. The molecule has 9 rings (SSSR count). The maximum absolute atomic E-state index is 15.7. The fraction of sp³-hybridized carbons (Fsp3) is 0.467. The van der Waals surface area contributed by atoms with Crippen LogP contribution in [0.5, 0.6) is 5.75 Å². The molecule has 5 aliphatic rings. The second-order valence-corrected chi connectivity index (χ2v) is 18.3. The first kappa shape index (κ1) is 43.1. The number of fused-ring (bicyclic) bond motifs is 2. The van der Waals surface area contributed by atoms with Crippen molar-refractivity contribution in [2.75, 3.05) is 74.6 Å². The van der Waals surface area contributed by atoms with Gasteiger partial charge in [-0.25, -0.2) is 9.37 Å². The number of carbonyl (C=O) groups excluding carboxylic acids is 5. The van der Waals surface area contributed by atoms with E-state index in [0.717, 1.165) is 68.7 Å². The summed E-state index contributed by atoms with van der Waals surface area (Å²) in [6.45, 7) is 8.84. The number of ether oxygens (including phenoxy) is 1. The largest absolute Gasteiger partial charge is 0.478 e. The third kappa shape index (κ3) is 8.01. The molecule has 0 aliphatic carbocycles. The Morgan fingerprint density at radius 1 is 0.984 bits per heavy atom. The number of likely N-dealkylation sites (tertiary alicyclic amines) is 1. The van der Waals surface area contributed by atoms with Crippen molar-refractivity contribution in [1.29, 1.82) is 0 Å². The second kappa shape index (κ2) is 17.1. The molecule has 0 radical (unpaired) electrons. The summed E-state index contributed by atoms with van der Waals surface area (Å²) in [5, 5.41) is 9.12. The van der Waals surface area contributed by atoms with Crippen molar-refractivity contribution in [3.8, 4) is 5.75 Å². The van der Waals surface area contributed by atoms with Gasteiger partial charge in [-0.05, 0) is 94.8 Å². The van der Waals surface area contributed by atoms with Gasteiger partial charge in [-0.1, -0.05) is 11.6 Å². The number of halogens is 2. The number of hydrogen-bond donors (Lipinski definition) is 3. The highest BCUT2D eigenvalue weighted by atomic mass is 35.5. The smallest absolute Gasteiger partial charge is 0.293 e. The van der Waals surface area contributed by atoms with Gasteiger partial charge in [0.2, 0.25) is 17.8 Å². The van der Waals surface area contributed by atoms with Gasteiger partial charge in [-0.15, -0.1) is 0 Å². The van der Waals surface area contributed by atoms with Crippen molar-refractivity contribution < 1.29 is 33.1 Å². The van der Waals surface area contributed by atoms with Crippen LogP contribution in [-0.4, -0.2) is 119 Å². The lowest BCUT2D eigenvalue weighted by Crippen LogP contribution is -2.54.